The van der Waals surface area contributed by atoms with Gasteiger partial charge < -0.3 is 5.11 Å². The van der Waals surface area contributed by atoms with E-state index in [1.165, 1.54) is 10.4 Å². The molecule has 4 nitrogen and oxygen atoms in total. The average molecular weight is 326 g/mol. The summed E-state index contributed by atoms with van der Waals surface area (Å²) in [4.78, 5) is 0.146. The molecule has 0 saturated carbocycles. The summed E-state index contributed by atoms with van der Waals surface area (Å²) in [6, 6.07) is 13.4. The van der Waals surface area contributed by atoms with Crippen molar-refractivity contribution in [2.75, 3.05) is 17.5 Å². The number of aliphatic hydroxyl groups excluding tert-OH is 1. The van der Waals surface area contributed by atoms with Crippen LogP contribution in [0.5, 0.6) is 0 Å². The maximum Gasteiger partial charge on any atom is 0.264 e. The smallest absolute Gasteiger partial charge is 0.264 e. The maximum absolute atomic E-state index is 12.9. The van der Waals surface area contributed by atoms with E-state index in [0.29, 0.717) is 16.3 Å². The van der Waals surface area contributed by atoms with Crippen LogP contribution in [0.15, 0.2) is 53.4 Å². The zero-order valence-electron chi connectivity index (χ0n) is 11.5. The second-order valence-electron chi connectivity index (χ2n) is 4.55. The van der Waals surface area contributed by atoms with Crippen molar-refractivity contribution in [2.24, 2.45) is 0 Å². The Morgan fingerprint density at radius 3 is 2.43 bits per heavy atom. The number of rotatable bonds is 5. The third-order valence-electron chi connectivity index (χ3n) is 3.07. The van der Waals surface area contributed by atoms with E-state index in [4.69, 9.17) is 11.6 Å². The molecule has 0 aliphatic rings. The van der Waals surface area contributed by atoms with Crippen LogP contribution in [0.3, 0.4) is 0 Å². The molecule has 0 aliphatic carbocycles. The summed E-state index contributed by atoms with van der Waals surface area (Å²) in [6.07, 6.45) is 0. The molecule has 1 N–H and O–H groups in total. The molecule has 0 amide bonds. The highest BCUT2D eigenvalue weighted by molar-refractivity contribution is 7.92. The fraction of sp³-hybridized carbons (Fsp3) is 0.200. The molecule has 2 aromatic rings. The molecule has 0 fully saturated rings. The van der Waals surface area contributed by atoms with Crippen LogP contribution >= 0.6 is 11.6 Å². The molecule has 0 atom stereocenters. The van der Waals surface area contributed by atoms with E-state index in [-0.39, 0.29) is 18.0 Å². The molecule has 0 spiro atoms. The number of nitrogens with zero attached hydrogens (tertiary/aromatic N) is 1. The number of aliphatic hydroxyl groups is 1. The zero-order valence-corrected chi connectivity index (χ0v) is 13.1. The standard InChI is InChI=1S/C15H16ClNO3S/c1-12-7-8-13(16)11-15(12)21(19,20)17(9-10-18)14-5-3-2-4-6-14/h2-8,11,18H,9-10H2,1H3. The van der Waals surface area contributed by atoms with Gasteiger partial charge in [-0.3, -0.25) is 4.31 Å². The summed E-state index contributed by atoms with van der Waals surface area (Å²) >= 11 is 5.92. The molecule has 21 heavy (non-hydrogen) atoms. The van der Waals surface area contributed by atoms with Gasteiger partial charge in [-0.1, -0.05) is 35.9 Å². The van der Waals surface area contributed by atoms with Gasteiger partial charge in [0.25, 0.3) is 10.0 Å². The van der Waals surface area contributed by atoms with Gasteiger partial charge in [-0.2, -0.15) is 0 Å². The monoisotopic (exact) mass is 325 g/mol. The van der Waals surface area contributed by atoms with Gasteiger partial charge in [0, 0.05) is 5.02 Å². The van der Waals surface area contributed by atoms with Crippen LogP contribution in [-0.2, 0) is 10.0 Å². The topological polar surface area (TPSA) is 57.6 Å². The van der Waals surface area contributed by atoms with E-state index in [2.05, 4.69) is 0 Å². The summed E-state index contributed by atoms with van der Waals surface area (Å²) in [5.41, 5.74) is 1.11. The molecule has 0 heterocycles. The van der Waals surface area contributed by atoms with Crippen molar-refractivity contribution in [1.29, 1.82) is 0 Å². The normalized spacial score (nSPS) is 11.4. The van der Waals surface area contributed by atoms with E-state index in [1.807, 2.05) is 0 Å². The van der Waals surface area contributed by atoms with Crippen LogP contribution in [0.1, 0.15) is 5.56 Å². The fourth-order valence-electron chi connectivity index (χ4n) is 2.04. The van der Waals surface area contributed by atoms with Gasteiger partial charge in [-0.05, 0) is 36.8 Å². The van der Waals surface area contributed by atoms with Crippen molar-refractivity contribution in [3.63, 3.8) is 0 Å². The molecule has 2 aromatic carbocycles. The average Bonchev–Trinajstić information content (AvgIpc) is 2.48. The van der Waals surface area contributed by atoms with E-state index < -0.39 is 10.0 Å². The highest BCUT2D eigenvalue weighted by Crippen LogP contribution is 2.27. The fourth-order valence-corrected chi connectivity index (χ4v) is 3.99. The minimum absolute atomic E-state index is 0.0156. The first-order valence-corrected chi connectivity index (χ1v) is 8.23. The summed E-state index contributed by atoms with van der Waals surface area (Å²) < 4.78 is 26.9. The van der Waals surface area contributed by atoms with Gasteiger partial charge >= 0.3 is 0 Å². The van der Waals surface area contributed by atoms with Crippen molar-refractivity contribution in [2.45, 2.75) is 11.8 Å². The number of benzene rings is 2. The van der Waals surface area contributed by atoms with Crippen molar-refractivity contribution >= 4 is 27.3 Å². The van der Waals surface area contributed by atoms with Crippen molar-refractivity contribution in [3.05, 3.63) is 59.1 Å². The second-order valence-corrected chi connectivity index (χ2v) is 6.81. The van der Waals surface area contributed by atoms with E-state index in [1.54, 1.807) is 49.4 Å². The minimum Gasteiger partial charge on any atom is -0.394 e. The van der Waals surface area contributed by atoms with Gasteiger partial charge in [0.2, 0.25) is 0 Å². The Kier molecular flexibility index (Phi) is 4.88. The lowest BCUT2D eigenvalue weighted by Gasteiger charge is -2.24. The highest BCUT2D eigenvalue weighted by atomic mass is 35.5. The first-order chi connectivity index (χ1) is 9.96. The lowest BCUT2D eigenvalue weighted by molar-refractivity contribution is 0.306. The van der Waals surface area contributed by atoms with Crippen LogP contribution in [0, 0.1) is 6.92 Å². The predicted molar refractivity (Wildman–Crippen MR) is 84.2 cm³/mol. The lowest BCUT2D eigenvalue weighted by atomic mass is 10.2. The number of anilines is 1. The molecular formula is C15H16ClNO3S. The number of sulfonamides is 1. The number of hydrogen-bond acceptors (Lipinski definition) is 3. The Bertz CT molecular complexity index is 717. The largest absolute Gasteiger partial charge is 0.394 e. The van der Waals surface area contributed by atoms with Crippen molar-refractivity contribution in [3.8, 4) is 0 Å². The number of aryl methyl sites for hydroxylation is 1. The number of hydrogen-bond donors (Lipinski definition) is 1. The van der Waals surface area contributed by atoms with Crippen LogP contribution in [0.4, 0.5) is 5.69 Å². The molecule has 0 bridgehead atoms. The summed E-state index contributed by atoms with van der Waals surface area (Å²) in [5, 5.41) is 9.56. The molecule has 0 aliphatic heterocycles. The number of halogens is 1. The first kappa shape index (κ1) is 15.8. The molecule has 6 heteroatoms. The zero-order chi connectivity index (χ0) is 15.5. The Balaban J connectivity index is 2.55. The van der Waals surface area contributed by atoms with Crippen molar-refractivity contribution in [1.82, 2.24) is 0 Å². The number of para-hydroxylation sites is 1. The molecule has 2 rings (SSSR count). The Labute approximate surface area is 129 Å². The SMILES string of the molecule is Cc1ccc(Cl)cc1S(=O)(=O)N(CCO)c1ccccc1. The molecule has 0 saturated heterocycles. The van der Waals surface area contributed by atoms with E-state index >= 15 is 0 Å². The van der Waals surface area contributed by atoms with Gasteiger partial charge in [-0.25, -0.2) is 8.42 Å². The first-order valence-electron chi connectivity index (χ1n) is 6.41. The van der Waals surface area contributed by atoms with Crippen LogP contribution < -0.4 is 4.31 Å². The van der Waals surface area contributed by atoms with Gasteiger partial charge in [0.1, 0.15) is 0 Å². The molecular weight excluding hydrogens is 310 g/mol. The Morgan fingerprint density at radius 2 is 1.81 bits per heavy atom. The van der Waals surface area contributed by atoms with E-state index in [9.17, 15) is 13.5 Å². The van der Waals surface area contributed by atoms with E-state index in [0.717, 1.165) is 0 Å². The molecule has 0 radical (unpaired) electrons. The van der Waals surface area contributed by atoms with Crippen LogP contribution in [0.2, 0.25) is 5.02 Å². The summed E-state index contributed by atoms with van der Waals surface area (Å²) in [7, 11) is -3.78. The maximum atomic E-state index is 12.9. The molecule has 0 aromatic heterocycles. The predicted octanol–water partition coefficient (Wildman–Crippen LogP) is 2.84. The second kappa shape index (κ2) is 6.47. The van der Waals surface area contributed by atoms with Crippen LogP contribution in [-0.4, -0.2) is 26.7 Å². The summed E-state index contributed by atoms with van der Waals surface area (Å²) in [6.45, 7) is 1.43. The Morgan fingerprint density at radius 1 is 1.14 bits per heavy atom. The quantitative estimate of drug-likeness (QED) is 0.919. The van der Waals surface area contributed by atoms with Gasteiger partial charge in [-0.15, -0.1) is 0 Å². The molecule has 0 unspecified atom stereocenters. The van der Waals surface area contributed by atoms with Gasteiger partial charge in [0.15, 0.2) is 0 Å². The lowest BCUT2D eigenvalue weighted by Crippen LogP contribution is -2.34. The van der Waals surface area contributed by atoms with Crippen molar-refractivity contribution < 1.29 is 13.5 Å². The van der Waals surface area contributed by atoms with Gasteiger partial charge in [0.05, 0.1) is 23.7 Å². The summed E-state index contributed by atoms with van der Waals surface area (Å²) in [5.74, 6) is 0. The highest BCUT2D eigenvalue weighted by Gasteiger charge is 2.26. The Hall–Kier alpha value is -1.56. The van der Waals surface area contributed by atoms with Crippen LogP contribution in [0.25, 0.3) is 0 Å². The minimum atomic E-state index is -3.78. The third kappa shape index (κ3) is 3.37. The molecule has 112 valence electrons. The third-order valence-corrected chi connectivity index (χ3v) is 5.27.